The number of halogens is 1. The molecule has 0 bridgehead atoms. The molecule has 0 heterocycles. The maximum absolute atomic E-state index is 8.91. The van der Waals surface area contributed by atoms with Crippen molar-refractivity contribution in [1.82, 2.24) is 4.90 Å². The summed E-state index contributed by atoms with van der Waals surface area (Å²) >= 11 is 3.58. The van der Waals surface area contributed by atoms with Gasteiger partial charge in [-0.2, -0.15) is 0 Å². The average molecular weight is 278 g/mol. The Morgan fingerprint density at radius 1 is 1.40 bits per heavy atom. The lowest BCUT2D eigenvalue weighted by atomic mass is 9.88. The summed E-state index contributed by atoms with van der Waals surface area (Å²) < 4.78 is 0. The van der Waals surface area contributed by atoms with Crippen LogP contribution in [0.15, 0.2) is 0 Å². The van der Waals surface area contributed by atoms with E-state index in [1.54, 1.807) is 0 Å². The summed E-state index contributed by atoms with van der Waals surface area (Å²) in [5.74, 6) is 0. The maximum atomic E-state index is 8.91. The standard InChI is InChI=1S/C12H24BrNO/c1-12(2,9-13)10-14(7-4-8-15)11-5-3-6-11/h11,15H,3-10H2,1-2H3. The molecule has 2 nitrogen and oxygen atoms in total. The molecule has 0 spiro atoms. The van der Waals surface area contributed by atoms with Crippen molar-refractivity contribution in [3.05, 3.63) is 0 Å². The highest BCUT2D eigenvalue weighted by Crippen LogP contribution is 2.29. The Morgan fingerprint density at radius 3 is 2.47 bits per heavy atom. The lowest BCUT2D eigenvalue weighted by molar-refractivity contribution is 0.0827. The van der Waals surface area contributed by atoms with Gasteiger partial charge in [0.1, 0.15) is 0 Å². The average Bonchev–Trinajstić information content (AvgIpc) is 2.11. The Hall–Kier alpha value is 0.400. The van der Waals surface area contributed by atoms with Gasteiger partial charge < -0.3 is 5.11 Å². The number of hydrogen-bond donors (Lipinski definition) is 1. The van der Waals surface area contributed by atoms with Crippen LogP contribution in [0.5, 0.6) is 0 Å². The molecule has 0 atom stereocenters. The molecule has 0 saturated heterocycles. The molecule has 15 heavy (non-hydrogen) atoms. The monoisotopic (exact) mass is 277 g/mol. The first kappa shape index (κ1) is 13.5. The molecule has 0 unspecified atom stereocenters. The number of rotatable bonds is 7. The van der Waals surface area contributed by atoms with Crippen molar-refractivity contribution in [2.75, 3.05) is 25.0 Å². The van der Waals surface area contributed by atoms with E-state index in [0.29, 0.717) is 12.0 Å². The van der Waals surface area contributed by atoms with Crippen LogP contribution in [0.1, 0.15) is 39.5 Å². The second kappa shape index (κ2) is 6.21. The SMILES string of the molecule is CC(C)(CBr)CN(CCCO)C1CCC1. The molecule has 0 aromatic heterocycles. The van der Waals surface area contributed by atoms with Crippen LogP contribution in [-0.2, 0) is 0 Å². The molecule has 1 rings (SSSR count). The minimum atomic E-state index is 0.317. The van der Waals surface area contributed by atoms with Crippen LogP contribution in [0.3, 0.4) is 0 Å². The van der Waals surface area contributed by atoms with E-state index in [1.807, 2.05) is 0 Å². The second-order valence-electron chi connectivity index (χ2n) is 5.43. The van der Waals surface area contributed by atoms with Crippen LogP contribution in [0, 0.1) is 5.41 Å². The van der Waals surface area contributed by atoms with E-state index in [0.717, 1.165) is 30.9 Å². The number of alkyl halides is 1. The molecule has 0 amide bonds. The van der Waals surface area contributed by atoms with E-state index in [-0.39, 0.29) is 0 Å². The van der Waals surface area contributed by atoms with Gasteiger partial charge in [-0.15, -0.1) is 0 Å². The van der Waals surface area contributed by atoms with Crippen molar-refractivity contribution in [3.8, 4) is 0 Å². The van der Waals surface area contributed by atoms with Gasteiger partial charge in [-0.25, -0.2) is 0 Å². The molecular weight excluding hydrogens is 254 g/mol. The predicted octanol–water partition coefficient (Wildman–Crippen LogP) is 2.64. The van der Waals surface area contributed by atoms with Gasteiger partial charge in [0.15, 0.2) is 0 Å². The van der Waals surface area contributed by atoms with Gasteiger partial charge in [0.05, 0.1) is 0 Å². The molecule has 90 valence electrons. The van der Waals surface area contributed by atoms with Gasteiger partial charge in [0.2, 0.25) is 0 Å². The molecule has 1 aliphatic carbocycles. The number of nitrogens with zero attached hydrogens (tertiary/aromatic N) is 1. The van der Waals surface area contributed by atoms with E-state index >= 15 is 0 Å². The van der Waals surface area contributed by atoms with Gasteiger partial charge in [-0.1, -0.05) is 36.2 Å². The molecule has 0 aliphatic heterocycles. The van der Waals surface area contributed by atoms with Crippen LogP contribution in [0.25, 0.3) is 0 Å². The van der Waals surface area contributed by atoms with Gasteiger partial charge in [-0.05, 0) is 24.7 Å². The van der Waals surface area contributed by atoms with E-state index in [4.69, 9.17) is 5.11 Å². The molecule has 0 aromatic rings. The lowest BCUT2D eigenvalue weighted by Gasteiger charge is -2.41. The largest absolute Gasteiger partial charge is 0.396 e. The summed E-state index contributed by atoms with van der Waals surface area (Å²) in [6.45, 7) is 7.11. The highest BCUT2D eigenvalue weighted by Gasteiger charge is 2.29. The topological polar surface area (TPSA) is 23.5 Å². The summed E-state index contributed by atoms with van der Waals surface area (Å²) in [6, 6.07) is 0.787. The van der Waals surface area contributed by atoms with Crippen LogP contribution in [-0.4, -0.2) is 41.1 Å². The molecule has 3 heteroatoms. The Balaban J connectivity index is 2.40. The van der Waals surface area contributed by atoms with Crippen molar-refractivity contribution in [2.45, 2.75) is 45.6 Å². The van der Waals surface area contributed by atoms with E-state index in [2.05, 4.69) is 34.7 Å². The minimum absolute atomic E-state index is 0.317. The lowest BCUT2D eigenvalue weighted by Crippen LogP contribution is -2.46. The number of hydrogen-bond acceptors (Lipinski definition) is 2. The van der Waals surface area contributed by atoms with E-state index in [1.165, 1.54) is 19.3 Å². The molecule has 0 aromatic carbocycles. The highest BCUT2D eigenvalue weighted by molar-refractivity contribution is 9.09. The zero-order valence-corrected chi connectivity index (χ0v) is 11.6. The van der Waals surface area contributed by atoms with E-state index < -0.39 is 0 Å². The van der Waals surface area contributed by atoms with Gasteiger partial charge >= 0.3 is 0 Å². The smallest absolute Gasteiger partial charge is 0.0443 e. The van der Waals surface area contributed by atoms with Crippen LogP contribution >= 0.6 is 15.9 Å². The Morgan fingerprint density at radius 2 is 2.07 bits per heavy atom. The quantitative estimate of drug-likeness (QED) is 0.724. The summed E-state index contributed by atoms with van der Waals surface area (Å²) in [5.41, 5.74) is 0.338. The molecular formula is C12H24BrNO. The van der Waals surface area contributed by atoms with Crippen molar-refractivity contribution < 1.29 is 5.11 Å². The first-order chi connectivity index (χ1) is 7.09. The molecule has 1 N–H and O–H groups in total. The van der Waals surface area contributed by atoms with Crippen molar-refractivity contribution in [2.24, 2.45) is 5.41 Å². The van der Waals surface area contributed by atoms with Gasteiger partial charge in [0, 0.05) is 31.1 Å². The van der Waals surface area contributed by atoms with Crippen LogP contribution < -0.4 is 0 Å². The Labute approximate surface area is 102 Å². The third-order valence-electron chi connectivity index (χ3n) is 3.19. The van der Waals surface area contributed by atoms with E-state index in [9.17, 15) is 0 Å². The first-order valence-electron chi connectivity index (χ1n) is 6.00. The Bertz CT molecular complexity index is 180. The molecule has 1 aliphatic rings. The molecule has 0 radical (unpaired) electrons. The second-order valence-corrected chi connectivity index (χ2v) is 5.99. The summed E-state index contributed by atoms with van der Waals surface area (Å²) in [5, 5.41) is 9.95. The van der Waals surface area contributed by atoms with Crippen LogP contribution in [0.4, 0.5) is 0 Å². The van der Waals surface area contributed by atoms with Crippen molar-refractivity contribution in [3.63, 3.8) is 0 Å². The van der Waals surface area contributed by atoms with Crippen molar-refractivity contribution in [1.29, 1.82) is 0 Å². The summed E-state index contributed by atoms with van der Waals surface area (Å²) in [7, 11) is 0. The fourth-order valence-corrected chi connectivity index (χ4v) is 2.19. The van der Waals surface area contributed by atoms with Gasteiger partial charge in [0.25, 0.3) is 0 Å². The normalized spacial score (nSPS) is 18.2. The minimum Gasteiger partial charge on any atom is -0.396 e. The highest BCUT2D eigenvalue weighted by atomic mass is 79.9. The fraction of sp³-hybridized carbons (Fsp3) is 1.00. The fourth-order valence-electron chi connectivity index (χ4n) is 2.01. The first-order valence-corrected chi connectivity index (χ1v) is 7.12. The summed E-state index contributed by atoms with van der Waals surface area (Å²) in [6.07, 6.45) is 5.00. The third kappa shape index (κ3) is 4.41. The molecule has 1 fully saturated rings. The number of aliphatic hydroxyl groups excluding tert-OH is 1. The Kier molecular flexibility index (Phi) is 5.58. The van der Waals surface area contributed by atoms with Crippen LogP contribution in [0.2, 0.25) is 0 Å². The molecule has 1 saturated carbocycles. The zero-order valence-electron chi connectivity index (χ0n) is 10.0. The number of aliphatic hydroxyl groups is 1. The zero-order chi connectivity index (χ0) is 11.3. The predicted molar refractivity (Wildman–Crippen MR) is 68.5 cm³/mol. The summed E-state index contributed by atoms with van der Waals surface area (Å²) in [4.78, 5) is 2.57. The third-order valence-corrected chi connectivity index (χ3v) is 4.71. The van der Waals surface area contributed by atoms with Gasteiger partial charge in [-0.3, -0.25) is 4.90 Å². The maximum Gasteiger partial charge on any atom is 0.0443 e. The van der Waals surface area contributed by atoms with Crippen molar-refractivity contribution >= 4 is 15.9 Å².